The number of benzene rings is 1. The van der Waals surface area contributed by atoms with Crippen LogP contribution in [-0.4, -0.2) is 16.7 Å². The molecule has 20 heavy (non-hydrogen) atoms. The van der Waals surface area contributed by atoms with Gasteiger partial charge in [-0.3, -0.25) is 4.79 Å². The number of carbonyl (C=O) groups excluding carboxylic acids is 1. The molecule has 0 saturated heterocycles. The third-order valence-electron chi connectivity index (χ3n) is 2.63. The van der Waals surface area contributed by atoms with Crippen molar-refractivity contribution in [2.75, 3.05) is 0 Å². The van der Waals surface area contributed by atoms with Gasteiger partial charge in [-0.1, -0.05) is 41.9 Å². The molecule has 1 unspecified atom stereocenters. The Morgan fingerprint density at radius 3 is 2.60 bits per heavy atom. The number of aliphatic hydroxyl groups excluding tert-OH is 1. The summed E-state index contributed by atoms with van der Waals surface area (Å²) >= 11 is 7.21. The molecule has 0 radical (unpaired) electrons. The van der Waals surface area contributed by atoms with Gasteiger partial charge in [0, 0.05) is 0 Å². The van der Waals surface area contributed by atoms with Crippen LogP contribution < -0.4 is 5.43 Å². The molecular weight excluding hydrogens is 296 g/mol. The quantitative estimate of drug-likeness (QED) is 0.674. The minimum Gasteiger partial charge on any atom is -0.378 e. The van der Waals surface area contributed by atoms with Crippen molar-refractivity contribution in [1.29, 1.82) is 0 Å². The molecule has 0 spiro atoms. The molecule has 1 aromatic carbocycles. The lowest BCUT2D eigenvalue weighted by Gasteiger charge is -2.09. The SMILES string of the molecule is C/C(=N\NC(=O)C(O)c1ccccc1)c1ccc(Cl)s1. The minimum absolute atomic E-state index is 0.525. The number of halogens is 1. The first-order valence-corrected chi connectivity index (χ1v) is 7.10. The summed E-state index contributed by atoms with van der Waals surface area (Å²) in [5.41, 5.74) is 3.51. The van der Waals surface area contributed by atoms with Crippen molar-refractivity contribution >= 4 is 34.6 Å². The Balaban J connectivity index is 2.01. The summed E-state index contributed by atoms with van der Waals surface area (Å²) in [6, 6.07) is 12.3. The van der Waals surface area contributed by atoms with Crippen LogP contribution >= 0.6 is 22.9 Å². The normalized spacial score (nSPS) is 13.1. The van der Waals surface area contributed by atoms with Crippen molar-refractivity contribution in [3.63, 3.8) is 0 Å². The molecule has 0 aliphatic rings. The van der Waals surface area contributed by atoms with Crippen LogP contribution in [0.1, 0.15) is 23.5 Å². The number of hydrazone groups is 1. The Bertz CT molecular complexity index is 625. The maximum absolute atomic E-state index is 11.8. The van der Waals surface area contributed by atoms with E-state index in [0.29, 0.717) is 15.6 Å². The fraction of sp³-hybridized carbons (Fsp3) is 0.143. The highest BCUT2D eigenvalue weighted by Crippen LogP contribution is 2.21. The molecule has 0 bridgehead atoms. The van der Waals surface area contributed by atoms with Gasteiger partial charge in [-0.2, -0.15) is 5.10 Å². The van der Waals surface area contributed by atoms with Crippen molar-refractivity contribution in [2.45, 2.75) is 13.0 Å². The summed E-state index contributed by atoms with van der Waals surface area (Å²) < 4.78 is 0.658. The Hall–Kier alpha value is -1.69. The van der Waals surface area contributed by atoms with Crippen molar-refractivity contribution in [3.8, 4) is 0 Å². The number of amides is 1. The first-order valence-electron chi connectivity index (χ1n) is 5.91. The molecule has 104 valence electrons. The maximum Gasteiger partial charge on any atom is 0.273 e. The lowest BCUT2D eigenvalue weighted by Crippen LogP contribution is -2.26. The van der Waals surface area contributed by atoms with E-state index >= 15 is 0 Å². The lowest BCUT2D eigenvalue weighted by molar-refractivity contribution is -0.129. The highest BCUT2D eigenvalue weighted by molar-refractivity contribution is 7.18. The monoisotopic (exact) mass is 308 g/mol. The van der Waals surface area contributed by atoms with Crippen LogP contribution in [0, 0.1) is 0 Å². The van der Waals surface area contributed by atoms with Gasteiger partial charge in [0.2, 0.25) is 0 Å². The summed E-state index contributed by atoms with van der Waals surface area (Å²) in [7, 11) is 0. The van der Waals surface area contributed by atoms with Crippen LogP contribution in [0.5, 0.6) is 0 Å². The number of aliphatic hydroxyl groups is 1. The van der Waals surface area contributed by atoms with E-state index in [1.807, 2.05) is 12.1 Å². The molecule has 2 aromatic rings. The van der Waals surface area contributed by atoms with Crippen molar-refractivity contribution in [3.05, 3.63) is 57.2 Å². The number of rotatable bonds is 4. The zero-order valence-electron chi connectivity index (χ0n) is 10.7. The molecule has 0 aliphatic carbocycles. The fourth-order valence-electron chi connectivity index (χ4n) is 1.55. The second kappa shape index (κ2) is 6.65. The molecule has 2 rings (SSSR count). The number of nitrogens with one attached hydrogen (secondary N) is 1. The number of carbonyl (C=O) groups is 1. The fourth-order valence-corrected chi connectivity index (χ4v) is 2.54. The second-order valence-corrected chi connectivity index (χ2v) is 5.81. The van der Waals surface area contributed by atoms with Gasteiger partial charge in [-0.15, -0.1) is 11.3 Å². The van der Waals surface area contributed by atoms with Gasteiger partial charge < -0.3 is 5.11 Å². The Morgan fingerprint density at radius 2 is 2.00 bits per heavy atom. The molecule has 4 nitrogen and oxygen atoms in total. The summed E-state index contributed by atoms with van der Waals surface area (Å²) in [6.45, 7) is 1.76. The maximum atomic E-state index is 11.8. The molecule has 2 N–H and O–H groups in total. The van der Waals surface area contributed by atoms with E-state index in [1.165, 1.54) is 11.3 Å². The summed E-state index contributed by atoms with van der Waals surface area (Å²) in [5, 5.41) is 13.8. The molecule has 1 aromatic heterocycles. The summed E-state index contributed by atoms with van der Waals surface area (Å²) in [4.78, 5) is 12.7. The lowest BCUT2D eigenvalue weighted by atomic mass is 10.1. The van der Waals surface area contributed by atoms with E-state index in [4.69, 9.17) is 11.6 Å². The van der Waals surface area contributed by atoms with Crippen molar-refractivity contribution in [2.24, 2.45) is 5.10 Å². The number of hydrogen-bond acceptors (Lipinski definition) is 4. The van der Waals surface area contributed by atoms with E-state index in [-0.39, 0.29) is 0 Å². The Kier molecular flexibility index (Phi) is 4.89. The molecule has 0 fully saturated rings. The van der Waals surface area contributed by atoms with Crippen LogP contribution in [0.15, 0.2) is 47.6 Å². The molecule has 0 saturated carbocycles. The molecule has 1 amide bonds. The standard InChI is InChI=1S/C14H13ClN2O2S/c1-9(11-7-8-12(15)20-11)16-17-14(19)13(18)10-5-3-2-4-6-10/h2-8,13,18H,1H3,(H,17,19)/b16-9+. The first-order chi connectivity index (χ1) is 9.58. The van der Waals surface area contributed by atoms with Gasteiger partial charge in [0.1, 0.15) is 0 Å². The van der Waals surface area contributed by atoms with Gasteiger partial charge >= 0.3 is 0 Å². The van der Waals surface area contributed by atoms with Gasteiger partial charge in [0.15, 0.2) is 6.10 Å². The summed E-state index contributed by atoms with van der Waals surface area (Å²) in [5.74, 6) is -0.571. The van der Waals surface area contributed by atoms with Gasteiger partial charge in [0.05, 0.1) is 14.9 Å². The van der Waals surface area contributed by atoms with E-state index in [9.17, 15) is 9.90 Å². The molecule has 1 heterocycles. The molecule has 0 aliphatic heterocycles. The molecule has 6 heteroatoms. The van der Waals surface area contributed by atoms with Crippen LogP contribution in [-0.2, 0) is 4.79 Å². The number of thiophene rings is 1. The topological polar surface area (TPSA) is 61.7 Å². The van der Waals surface area contributed by atoms with Crippen molar-refractivity contribution in [1.82, 2.24) is 5.43 Å². The number of nitrogens with zero attached hydrogens (tertiary/aromatic N) is 1. The highest BCUT2D eigenvalue weighted by atomic mass is 35.5. The third-order valence-corrected chi connectivity index (χ3v) is 3.97. The van der Waals surface area contributed by atoms with E-state index < -0.39 is 12.0 Å². The van der Waals surface area contributed by atoms with E-state index in [2.05, 4.69) is 10.5 Å². The highest BCUT2D eigenvalue weighted by Gasteiger charge is 2.16. The average Bonchev–Trinajstić information content (AvgIpc) is 2.91. The summed E-state index contributed by atoms with van der Waals surface area (Å²) in [6.07, 6.45) is -1.24. The van der Waals surface area contributed by atoms with Crippen LogP contribution in [0.2, 0.25) is 4.34 Å². The van der Waals surface area contributed by atoms with Gasteiger partial charge in [0.25, 0.3) is 5.91 Å². The van der Waals surface area contributed by atoms with Crippen LogP contribution in [0.3, 0.4) is 0 Å². The van der Waals surface area contributed by atoms with Crippen LogP contribution in [0.4, 0.5) is 0 Å². The zero-order chi connectivity index (χ0) is 14.5. The Morgan fingerprint density at radius 1 is 1.30 bits per heavy atom. The van der Waals surface area contributed by atoms with E-state index in [0.717, 1.165) is 4.88 Å². The third kappa shape index (κ3) is 3.66. The minimum atomic E-state index is -1.24. The van der Waals surface area contributed by atoms with Crippen LogP contribution in [0.25, 0.3) is 0 Å². The second-order valence-electron chi connectivity index (χ2n) is 4.09. The van der Waals surface area contributed by atoms with Gasteiger partial charge in [-0.25, -0.2) is 5.43 Å². The van der Waals surface area contributed by atoms with Crippen molar-refractivity contribution < 1.29 is 9.90 Å². The molecular formula is C14H13ClN2O2S. The molecule has 1 atom stereocenters. The average molecular weight is 309 g/mol. The zero-order valence-corrected chi connectivity index (χ0v) is 12.3. The first kappa shape index (κ1) is 14.7. The van der Waals surface area contributed by atoms with Gasteiger partial charge in [-0.05, 0) is 24.6 Å². The largest absolute Gasteiger partial charge is 0.378 e. The van der Waals surface area contributed by atoms with E-state index in [1.54, 1.807) is 37.3 Å². The predicted molar refractivity (Wildman–Crippen MR) is 81.1 cm³/mol. The number of hydrogen-bond donors (Lipinski definition) is 2. The Labute approximate surface area is 125 Å². The smallest absolute Gasteiger partial charge is 0.273 e. The predicted octanol–water partition coefficient (Wildman–Crippen LogP) is 2.98.